The maximum absolute atomic E-state index is 13.5. The second-order valence-electron chi connectivity index (χ2n) is 7.35. The number of carbonyl (C=O) groups is 2. The van der Waals surface area contributed by atoms with E-state index in [1.54, 1.807) is 36.0 Å². The number of nitriles is 1. The molecule has 0 aromatic heterocycles. The van der Waals surface area contributed by atoms with E-state index < -0.39 is 11.6 Å². The van der Waals surface area contributed by atoms with Crippen LogP contribution in [-0.2, 0) is 22.4 Å². The number of hydrogen-bond acceptors (Lipinski definition) is 3. The highest BCUT2D eigenvalue weighted by molar-refractivity contribution is 6.00. The Morgan fingerprint density at radius 1 is 1.04 bits per heavy atom. The van der Waals surface area contributed by atoms with Crippen LogP contribution in [0.3, 0.4) is 0 Å². The molecule has 1 aliphatic heterocycles. The van der Waals surface area contributed by atoms with Crippen molar-refractivity contribution in [2.75, 3.05) is 14.1 Å². The Hall–Kier alpha value is -3.13. The predicted octanol–water partition coefficient (Wildman–Crippen LogP) is 2.79. The zero-order chi connectivity index (χ0) is 20.3. The summed E-state index contributed by atoms with van der Waals surface area (Å²) in [6.07, 6.45) is 1.35. The van der Waals surface area contributed by atoms with Crippen LogP contribution < -0.4 is 0 Å². The van der Waals surface area contributed by atoms with Gasteiger partial charge in [0, 0.05) is 26.9 Å². The molecular formula is C23H25N3O2. The Balaban J connectivity index is 1.93. The molecule has 0 spiro atoms. The first-order chi connectivity index (χ1) is 13.4. The predicted molar refractivity (Wildman–Crippen MR) is 107 cm³/mol. The Morgan fingerprint density at radius 2 is 1.68 bits per heavy atom. The minimum absolute atomic E-state index is 0.0552. The Bertz CT molecular complexity index is 919. The van der Waals surface area contributed by atoms with Crippen molar-refractivity contribution in [1.82, 2.24) is 9.80 Å². The number of nitrogens with zero attached hydrogens (tertiary/aromatic N) is 3. The third kappa shape index (κ3) is 3.27. The second kappa shape index (κ2) is 7.85. The average Bonchev–Trinajstić information content (AvgIpc) is 2.74. The number of carbonyl (C=O) groups excluding carboxylic acids is 2. The fourth-order valence-corrected chi connectivity index (χ4v) is 4.09. The van der Waals surface area contributed by atoms with Crippen LogP contribution in [0.2, 0.25) is 0 Å². The molecule has 0 aliphatic carbocycles. The lowest BCUT2D eigenvalue weighted by Crippen LogP contribution is -2.70. The Labute approximate surface area is 166 Å². The summed E-state index contributed by atoms with van der Waals surface area (Å²) in [5.74, 6) is -0.145. The summed E-state index contributed by atoms with van der Waals surface area (Å²) >= 11 is 0. The van der Waals surface area contributed by atoms with Crippen LogP contribution in [-0.4, -0.2) is 47.3 Å². The van der Waals surface area contributed by atoms with Crippen LogP contribution in [0.25, 0.3) is 0 Å². The van der Waals surface area contributed by atoms with E-state index in [2.05, 4.69) is 6.07 Å². The molecule has 2 amide bonds. The summed E-state index contributed by atoms with van der Waals surface area (Å²) in [5.41, 5.74) is 1.45. The highest BCUT2D eigenvalue weighted by atomic mass is 16.2. The zero-order valence-corrected chi connectivity index (χ0v) is 16.6. The van der Waals surface area contributed by atoms with E-state index in [0.717, 1.165) is 11.1 Å². The Morgan fingerprint density at radius 3 is 2.32 bits per heavy atom. The Kier molecular flexibility index (Phi) is 5.51. The lowest BCUT2D eigenvalue weighted by Gasteiger charge is -2.50. The molecule has 144 valence electrons. The molecule has 1 aliphatic rings. The molecule has 1 heterocycles. The molecule has 2 aromatic rings. The van der Waals surface area contributed by atoms with E-state index >= 15 is 0 Å². The summed E-state index contributed by atoms with van der Waals surface area (Å²) in [5, 5.41) is 9.34. The van der Waals surface area contributed by atoms with Gasteiger partial charge in [0.05, 0.1) is 11.6 Å². The largest absolute Gasteiger partial charge is 0.331 e. The summed E-state index contributed by atoms with van der Waals surface area (Å²) in [6, 6.07) is 18.6. The van der Waals surface area contributed by atoms with E-state index in [4.69, 9.17) is 0 Å². The molecule has 2 unspecified atom stereocenters. The fraction of sp³-hybridized carbons (Fsp3) is 0.348. The number of rotatable bonds is 5. The van der Waals surface area contributed by atoms with Gasteiger partial charge in [-0.05, 0) is 23.6 Å². The molecule has 28 heavy (non-hydrogen) atoms. The highest BCUT2D eigenvalue weighted by Crippen LogP contribution is 2.33. The normalized spacial score (nSPS) is 22.3. The van der Waals surface area contributed by atoms with Crippen molar-refractivity contribution in [3.8, 4) is 6.07 Å². The average molecular weight is 375 g/mol. The van der Waals surface area contributed by atoms with Crippen molar-refractivity contribution >= 4 is 11.8 Å². The van der Waals surface area contributed by atoms with Gasteiger partial charge in [0.15, 0.2) is 0 Å². The lowest BCUT2D eigenvalue weighted by atomic mass is 9.81. The molecule has 5 heteroatoms. The quantitative estimate of drug-likeness (QED) is 0.807. The van der Waals surface area contributed by atoms with Crippen molar-refractivity contribution in [3.63, 3.8) is 0 Å². The van der Waals surface area contributed by atoms with Crippen LogP contribution in [0.4, 0.5) is 0 Å². The van der Waals surface area contributed by atoms with Gasteiger partial charge >= 0.3 is 0 Å². The van der Waals surface area contributed by atoms with Gasteiger partial charge < -0.3 is 9.80 Å². The molecule has 1 saturated heterocycles. The van der Waals surface area contributed by atoms with Crippen molar-refractivity contribution in [2.24, 2.45) is 0 Å². The van der Waals surface area contributed by atoms with E-state index in [-0.39, 0.29) is 11.8 Å². The number of benzene rings is 2. The maximum atomic E-state index is 13.5. The summed E-state index contributed by atoms with van der Waals surface area (Å²) in [7, 11) is 3.42. The number of hydrogen-bond donors (Lipinski definition) is 0. The molecule has 2 atom stereocenters. The van der Waals surface area contributed by atoms with Gasteiger partial charge in [0.2, 0.25) is 11.8 Å². The van der Waals surface area contributed by atoms with Gasteiger partial charge in [-0.25, -0.2) is 0 Å². The third-order valence-corrected chi connectivity index (χ3v) is 5.92. The van der Waals surface area contributed by atoms with Gasteiger partial charge in [0.25, 0.3) is 0 Å². The van der Waals surface area contributed by atoms with Gasteiger partial charge in [0.1, 0.15) is 11.6 Å². The van der Waals surface area contributed by atoms with E-state index in [0.29, 0.717) is 24.8 Å². The lowest BCUT2D eigenvalue weighted by molar-refractivity contribution is -0.167. The molecule has 2 aromatic carbocycles. The number of likely N-dealkylation sites (N-methyl/N-ethyl adjacent to an activating group) is 2. The van der Waals surface area contributed by atoms with Gasteiger partial charge in [-0.1, -0.05) is 55.5 Å². The minimum Gasteiger partial charge on any atom is -0.331 e. The second-order valence-corrected chi connectivity index (χ2v) is 7.35. The first-order valence-electron chi connectivity index (χ1n) is 9.51. The first kappa shape index (κ1) is 19.6. The highest BCUT2D eigenvalue weighted by Gasteiger charge is 2.52. The SMILES string of the molecule is CCC1(Cc2ccccc2)C(=O)N(C)C(Cc2ccccc2C#N)C(=O)N1C. The summed E-state index contributed by atoms with van der Waals surface area (Å²) in [4.78, 5) is 30.0. The van der Waals surface area contributed by atoms with E-state index in [1.165, 1.54) is 0 Å². The van der Waals surface area contributed by atoms with Gasteiger partial charge in [-0.2, -0.15) is 5.26 Å². The van der Waals surface area contributed by atoms with Crippen molar-refractivity contribution < 1.29 is 9.59 Å². The zero-order valence-electron chi connectivity index (χ0n) is 16.6. The van der Waals surface area contributed by atoms with E-state index in [9.17, 15) is 14.9 Å². The number of amides is 2. The monoisotopic (exact) mass is 375 g/mol. The third-order valence-electron chi connectivity index (χ3n) is 5.92. The van der Waals surface area contributed by atoms with Crippen LogP contribution in [0.5, 0.6) is 0 Å². The van der Waals surface area contributed by atoms with E-state index in [1.807, 2.05) is 49.4 Å². The van der Waals surface area contributed by atoms with Crippen LogP contribution in [0.1, 0.15) is 30.0 Å². The fourth-order valence-electron chi connectivity index (χ4n) is 4.09. The molecule has 5 nitrogen and oxygen atoms in total. The first-order valence-corrected chi connectivity index (χ1v) is 9.51. The standard InChI is InChI=1S/C23H25N3O2/c1-4-23(15-17-10-6-5-7-11-17)22(28)25(2)20(21(27)26(23)3)14-18-12-8-9-13-19(18)16-24/h5-13,20H,4,14-15H2,1-3H3. The maximum Gasteiger partial charge on any atom is 0.249 e. The molecule has 0 N–H and O–H groups in total. The van der Waals surface area contributed by atoms with Gasteiger partial charge in [-0.15, -0.1) is 0 Å². The van der Waals surface area contributed by atoms with Crippen molar-refractivity contribution in [1.29, 1.82) is 5.26 Å². The molecular weight excluding hydrogens is 350 g/mol. The van der Waals surface area contributed by atoms with Crippen LogP contribution in [0.15, 0.2) is 54.6 Å². The molecule has 3 rings (SSSR count). The minimum atomic E-state index is -0.890. The van der Waals surface area contributed by atoms with Crippen molar-refractivity contribution in [2.45, 2.75) is 37.8 Å². The molecule has 0 radical (unpaired) electrons. The smallest absolute Gasteiger partial charge is 0.249 e. The van der Waals surface area contributed by atoms with Crippen molar-refractivity contribution in [3.05, 3.63) is 71.3 Å². The topological polar surface area (TPSA) is 64.4 Å². The molecule has 1 fully saturated rings. The summed E-state index contributed by atoms with van der Waals surface area (Å²) < 4.78 is 0. The number of piperazine rings is 1. The van der Waals surface area contributed by atoms with Crippen LogP contribution >= 0.6 is 0 Å². The molecule has 0 bridgehead atoms. The van der Waals surface area contributed by atoms with Crippen LogP contribution in [0, 0.1) is 11.3 Å². The molecule has 0 saturated carbocycles. The summed E-state index contributed by atoms with van der Waals surface area (Å²) in [6.45, 7) is 1.95. The van der Waals surface area contributed by atoms with Gasteiger partial charge in [-0.3, -0.25) is 9.59 Å².